The average Bonchev–Trinajstić information content (AvgIpc) is 3.49. The largest absolute Gasteiger partial charge is 0.472 e. The van der Waals surface area contributed by atoms with Gasteiger partial charge in [-0.1, -0.05) is 6.07 Å². The molecule has 152 valence electrons. The highest BCUT2D eigenvalue weighted by Gasteiger charge is 2.31. The molecule has 1 fully saturated rings. The van der Waals surface area contributed by atoms with Gasteiger partial charge in [0.25, 0.3) is 0 Å². The third-order valence-electron chi connectivity index (χ3n) is 5.47. The molecule has 0 bridgehead atoms. The predicted molar refractivity (Wildman–Crippen MR) is 111 cm³/mol. The number of carbonyl (C=O) groups is 1. The maximum absolute atomic E-state index is 13.8. The molecule has 1 aromatic carbocycles. The normalized spacial score (nSPS) is 16.3. The molecule has 0 saturated carbocycles. The van der Waals surface area contributed by atoms with Gasteiger partial charge >= 0.3 is 6.03 Å². The summed E-state index contributed by atoms with van der Waals surface area (Å²) in [5.74, 6) is 0.429. The fraction of sp³-hybridized carbons (Fsp3) is 0.227. The summed E-state index contributed by atoms with van der Waals surface area (Å²) >= 11 is 0. The number of urea groups is 1. The summed E-state index contributed by atoms with van der Waals surface area (Å²) in [6.45, 7) is 2.78. The van der Waals surface area contributed by atoms with Crippen LogP contribution in [0.25, 0.3) is 22.6 Å². The van der Waals surface area contributed by atoms with Gasteiger partial charge in [0.1, 0.15) is 23.4 Å². The molecule has 0 spiro atoms. The first-order valence-corrected chi connectivity index (χ1v) is 9.78. The molecule has 8 heteroatoms. The van der Waals surface area contributed by atoms with Crippen LogP contribution in [0.3, 0.4) is 0 Å². The second-order valence-electron chi connectivity index (χ2n) is 7.45. The maximum Gasteiger partial charge on any atom is 0.321 e. The van der Waals surface area contributed by atoms with Gasteiger partial charge in [-0.05, 0) is 49.2 Å². The van der Waals surface area contributed by atoms with Gasteiger partial charge in [0.15, 0.2) is 5.65 Å². The van der Waals surface area contributed by atoms with Gasteiger partial charge in [0.05, 0.1) is 17.9 Å². The van der Waals surface area contributed by atoms with Crippen molar-refractivity contribution in [3.63, 3.8) is 0 Å². The Labute approximate surface area is 172 Å². The lowest BCUT2D eigenvalue weighted by molar-refractivity contribution is 0.221. The van der Waals surface area contributed by atoms with E-state index in [9.17, 15) is 9.18 Å². The number of likely N-dealkylation sites (tertiary alicyclic amines) is 1. The first-order chi connectivity index (χ1) is 14.6. The standard InChI is InChI=1S/C22H20FN5O2/c1-14-4-5-16(11-18(14)23)25-22(29)27-9-6-17(12-27)28-20(15-7-10-30-13-15)26-19-3-2-8-24-21(19)28/h2-5,7-8,10-11,13,17H,6,9,12H2,1H3,(H,25,29)/t17-/m0/s1. The molecule has 0 unspecified atom stereocenters. The summed E-state index contributed by atoms with van der Waals surface area (Å²) in [5, 5.41) is 2.79. The number of aryl methyl sites for hydroxylation is 1. The van der Waals surface area contributed by atoms with Crippen molar-refractivity contribution >= 4 is 22.9 Å². The third-order valence-corrected chi connectivity index (χ3v) is 5.47. The molecule has 4 aromatic rings. The summed E-state index contributed by atoms with van der Waals surface area (Å²) in [4.78, 5) is 23.7. The van der Waals surface area contributed by atoms with Crippen molar-refractivity contribution in [3.8, 4) is 11.4 Å². The van der Waals surface area contributed by atoms with Crippen LogP contribution in [0.1, 0.15) is 18.0 Å². The van der Waals surface area contributed by atoms with Crippen LogP contribution in [-0.2, 0) is 0 Å². The van der Waals surface area contributed by atoms with Crippen LogP contribution in [-0.4, -0.2) is 38.6 Å². The minimum atomic E-state index is -0.340. The summed E-state index contributed by atoms with van der Waals surface area (Å²) in [6, 6.07) is 10.1. The lowest BCUT2D eigenvalue weighted by atomic mass is 10.2. The van der Waals surface area contributed by atoms with Gasteiger partial charge in [-0.3, -0.25) is 0 Å². The quantitative estimate of drug-likeness (QED) is 0.540. The number of furan rings is 1. The van der Waals surface area contributed by atoms with Crippen LogP contribution in [0.4, 0.5) is 14.9 Å². The Morgan fingerprint density at radius 3 is 3.00 bits per heavy atom. The van der Waals surface area contributed by atoms with E-state index < -0.39 is 0 Å². The number of nitrogens with zero attached hydrogens (tertiary/aromatic N) is 4. The highest BCUT2D eigenvalue weighted by molar-refractivity contribution is 5.89. The fourth-order valence-corrected chi connectivity index (χ4v) is 3.88. The van der Waals surface area contributed by atoms with Gasteiger partial charge in [-0.15, -0.1) is 0 Å². The van der Waals surface area contributed by atoms with Crippen molar-refractivity contribution in [2.45, 2.75) is 19.4 Å². The molecule has 3 aromatic heterocycles. The summed E-state index contributed by atoms with van der Waals surface area (Å²) in [5.41, 5.74) is 3.43. The maximum atomic E-state index is 13.8. The van der Waals surface area contributed by atoms with Gasteiger partial charge < -0.3 is 19.2 Å². The lowest BCUT2D eigenvalue weighted by Crippen LogP contribution is -2.33. The number of pyridine rings is 1. The zero-order valence-electron chi connectivity index (χ0n) is 16.4. The topological polar surface area (TPSA) is 76.2 Å². The predicted octanol–water partition coefficient (Wildman–Crippen LogP) is 4.62. The summed E-state index contributed by atoms with van der Waals surface area (Å²) in [7, 11) is 0. The second-order valence-corrected chi connectivity index (χ2v) is 7.45. The minimum absolute atomic E-state index is 0.0234. The Hall–Kier alpha value is -3.68. The summed E-state index contributed by atoms with van der Waals surface area (Å²) < 4.78 is 21.1. The van der Waals surface area contributed by atoms with Crippen LogP contribution in [0.5, 0.6) is 0 Å². The summed E-state index contributed by atoms with van der Waals surface area (Å²) in [6.07, 6.45) is 5.78. The molecule has 0 radical (unpaired) electrons. The van der Waals surface area contributed by atoms with E-state index in [1.165, 1.54) is 6.07 Å². The molecule has 1 atom stereocenters. The minimum Gasteiger partial charge on any atom is -0.472 e. The van der Waals surface area contributed by atoms with E-state index >= 15 is 0 Å². The molecule has 1 saturated heterocycles. The molecule has 2 amide bonds. The van der Waals surface area contributed by atoms with Crippen molar-refractivity contribution < 1.29 is 13.6 Å². The molecule has 0 aliphatic carbocycles. The van der Waals surface area contributed by atoms with Crippen LogP contribution < -0.4 is 5.32 Å². The monoisotopic (exact) mass is 405 g/mol. The number of amides is 2. The van der Waals surface area contributed by atoms with E-state index in [0.29, 0.717) is 24.3 Å². The highest BCUT2D eigenvalue weighted by atomic mass is 19.1. The third kappa shape index (κ3) is 3.20. The van der Waals surface area contributed by atoms with Crippen LogP contribution in [0.2, 0.25) is 0 Å². The highest BCUT2D eigenvalue weighted by Crippen LogP contribution is 2.32. The number of halogens is 1. The van der Waals surface area contributed by atoms with Gasteiger partial charge in [-0.2, -0.15) is 0 Å². The van der Waals surface area contributed by atoms with Crippen molar-refractivity contribution in [1.29, 1.82) is 0 Å². The number of fused-ring (bicyclic) bond motifs is 1. The van der Waals surface area contributed by atoms with E-state index in [0.717, 1.165) is 29.0 Å². The number of carbonyl (C=O) groups excluding carboxylic acids is 1. The lowest BCUT2D eigenvalue weighted by Gasteiger charge is -2.19. The fourth-order valence-electron chi connectivity index (χ4n) is 3.88. The van der Waals surface area contributed by atoms with E-state index in [2.05, 4.69) is 14.9 Å². The molecule has 1 aliphatic heterocycles. The van der Waals surface area contributed by atoms with Gasteiger partial charge in [0, 0.05) is 25.0 Å². The SMILES string of the molecule is Cc1ccc(NC(=O)N2CC[C@H](n3c(-c4ccoc4)nc4cccnc43)C2)cc1F. The average molecular weight is 405 g/mol. The molecule has 1 aliphatic rings. The first kappa shape index (κ1) is 18.4. The Morgan fingerprint density at radius 1 is 1.30 bits per heavy atom. The van der Waals surface area contributed by atoms with Crippen LogP contribution in [0, 0.1) is 12.7 Å². The Morgan fingerprint density at radius 2 is 2.20 bits per heavy atom. The zero-order chi connectivity index (χ0) is 20.7. The first-order valence-electron chi connectivity index (χ1n) is 9.78. The van der Waals surface area contributed by atoms with Crippen molar-refractivity contribution in [2.24, 2.45) is 0 Å². The van der Waals surface area contributed by atoms with Gasteiger partial charge in [-0.25, -0.2) is 19.2 Å². The molecule has 4 heterocycles. The number of anilines is 1. The Kier molecular flexibility index (Phi) is 4.46. The number of benzene rings is 1. The van der Waals surface area contributed by atoms with Crippen LogP contribution >= 0.6 is 0 Å². The smallest absolute Gasteiger partial charge is 0.321 e. The van der Waals surface area contributed by atoms with Crippen molar-refractivity contribution in [3.05, 3.63) is 66.5 Å². The van der Waals surface area contributed by atoms with Crippen molar-refractivity contribution in [1.82, 2.24) is 19.4 Å². The number of hydrogen-bond donors (Lipinski definition) is 1. The molecular formula is C22H20FN5O2. The number of rotatable bonds is 3. The number of hydrogen-bond acceptors (Lipinski definition) is 4. The molecule has 30 heavy (non-hydrogen) atoms. The zero-order valence-corrected chi connectivity index (χ0v) is 16.4. The molecule has 1 N–H and O–H groups in total. The number of nitrogens with one attached hydrogen (secondary N) is 1. The van der Waals surface area contributed by atoms with E-state index in [1.807, 2.05) is 18.2 Å². The Balaban J connectivity index is 1.40. The van der Waals surface area contributed by atoms with Gasteiger partial charge in [0.2, 0.25) is 0 Å². The van der Waals surface area contributed by atoms with E-state index in [4.69, 9.17) is 9.40 Å². The second kappa shape index (κ2) is 7.29. The van der Waals surface area contributed by atoms with Crippen LogP contribution in [0.15, 0.2) is 59.5 Å². The van der Waals surface area contributed by atoms with E-state index in [-0.39, 0.29) is 17.9 Å². The molecule has 7 nitrogen and oxygen atoms in total. The Bertz CT molecular complexity index is 1220. The number of imidazole rings is 1. The molecule has 5 rings (SSSR count). The van der Waals surface area contributed by atoms with Crippen molar-refractivity contribution in [2.75, 3.05) is 18.4 Å². The molecular weight excluding hydrogens is 385 g/mol. The van der Waals surface area contributed by atoms with E-state index in [1.54, 1.807) is 42.7 Å². The number of aromatic nitrogens is 3.